The Morgan fingerprint density at radius 3 is 1.18 bits per heavy atom. The Hall–Kier alpha value is -11.5. The lowest BCUT2D eigenvalue weighted by atomic mass is 9.93. The van der Waals surface area contributed by atoms with Crippen LogP contribution >= 0.6 is 0 Å². The summed E-state index contributed by atoms with van der Waals surface area (Å²) in [6.45, 7) is 15.9. The minimum absolute atomic E-state index is 0.128. The van der Waals surface area contributed by atoms with Gasteiger partial charge < -0.3 is 55.1 Å². The summed E-state index contributed by atoms with van der Waals surface area (Å²) in [7, 11) is 2.17. The number of esters is 2. The second-order valence-corrected chi connectivity index (χ2v) is 25.1. The lowest BCUT2D eigenvalue weighted by Crippen LogP contribution is -2.76. The zero-order valence-electron chi connectivity index (χ0n) is 56.9. The zero-order chi connectivity index (χ0) is 73.6. The Bertz CT molecular complexity index is 3930. The number of hydrogen-bond acceptors (Lipinski definition) is 18. The zero-order valence-corrected chi connectivity index (χ0v) is 56.9. The molecule has 530 valence electrons. The van der Waals surface area contributed by atoms with Gasteiger partial charge in [-0.25, -0.2) is 63.1 Å². The molecule has 0 bridgehead atoms. The normalized spacial score (nSPS) is 17.1. The van der Waals surface area contributed by atoms with Gasteiger partial charge in [-0.2, -0.15) is 18.1 Å². The van der Waals surface area contributed by atoms with E-state index in [-0.39, 0.29) is 17.9 Å². The second kappa shape index (κ2) is 32.7. The fraction of sp³-hybridized carbons (Fsp3) is 0.357. The van der Waals surface area contributed by atoms with Crippen molar-refractivity contribution in [2.75, 3.05) is 19.1 Å². The molecule has 2 aliphatic rings. The molecule has 100 heavy (non-hydrogen) atoms. The number of carbonyl (C=O) groups excluding carboxylic acids is 10. The number of nitrogens with one attached hydrogen (secondary N) is 4. The summed E-state index contributed by atoms with van der Waals surface area (Å²) in [5.41, 5.74) is 1.44. The first kappa shape index (κ1) is 75.9. The van der Waals surface area contributed by atoms with E-state index in [1.165, 1.54) is 24.4 Å². The van der Waals surface area contributed by atoms with Crippen molar-refractivity contribution in [3.8, 4) is 0 Å². The molecule has 2 aliphatic heterocycles. The van der Waals surface area contributed by atoms with Crippen molar-refractivity contribution in [2.24, 2.45) is 4.99 Å². The third kappa shape index (κ3) is 19.4. The van der Waals surface area contributed by atoms with E-state index in [9.17, 15) is 66.2 Å². The van der Waals surface area contributed by atoms with Crippen LogP contribution in [0.25, 0.3) is 0 Å². The van der Waals surface area contributed by atoms with Gasteiger partial charge in [0.05, 0.1) is 44.3 Å². The third-order valence-corrected chi connectivity index (χ3v) is 15.4. The quantitative estimate of drug-likeness (QED) is 0.0204. The number of alkyl halides is 3. The number of pyridine rings is 2. The number of halogens is 3. The van der Waals surface area contributed by atoms with E-state index in [0.717, 1.165) is 57.9 Å². The smallest absolute Gasteiger partial charge is 0.425 e. The summed E-state index contributed by atoms with van der Waals surface area (Å²) >= 11 is 0. The molecule has 30 heteroatoms. The van der Waals surface area contributed by atoms with Crippen LogP contribution in [0.5, 0.6) is 0 Å². The fourth-order valence-corrected chi connectivity index (χ4v) is 10.4. The molecule has 4 heterocycles. The van der Waals surface area contributed by atoms with Gasteiger partial charge >= 0.3 is 54.4 Å². The molecule has 4 N–H and O–H groups in total. The van der Waals surface area contributed by atoms with Crippen molar-refractivity contribution >= 4 is 77.6 Å². The first-order valence-corrected chi connectivity index (χ1v) is 31.4. The Morgan fingerprint density at radius 1 is 0.520 bits per heavy atom. The first-order valence-electron chi connectivity index (χ1n) is 31.4. The van der Waals surface area contributed by atoms with Crippen molar-refractivity contribution in [1.29, 1.82) is 0 Å². The van der Waals surface area contributed by atoms with E-state index in [1.807, 2.05) is 36.4 Å². The van der Waals surface area contributed by atoms with Crippen LogP contribution in [0.15, 0.2) is 163 Å². The van der Waals surface area contributed by atoms with Crippen molar-refractivity contribution in [1.82, 2.24) is 50.8 Å². The molecule has 2 saturated heterocycles. The number of ether oxygens (including phenoxy) is 4. The summed E-state index contributed by atoms with van der Waals surface area (Å²) in [6, 6.07) is 29.4. The van der Waals surface area contributed by atoms with Gasteiger partial charge in [0, 0.05) is 25.5 Å². The minimum atomic E-state index is -5.23. The molecule has 0 spiro atoms. The number of methoxy groups -OCH3 is 2. The summed E-state index contributed by atoms with van der Waals surface area (Å²) in [4.78, 5) is 150. The maximum Gasteiger partial charge on any atom is 0.425 e. The number of anilines is 1. The molecule has 0 radical (unpaired) electrons. The summed E-state index contributed by atoms with van der Waals surface area (Å²) in [5, 5.41) is 22.4. The van der Waals surface area contributed by atoms with Crippen LogP contribution < -0.4 is 31.3 Å². The number of hydrogen-bond donors (Lipinski definition) is 4. The highest BCUT2D eigenvalue weighted by molar-refractivity contribution is 6.12. The van der Waals surface area contributed by atoms with Crippen LogP contribution in [0.4, 0.5) is 53.6 Å². The number of rotatable bonds is 18. The number of nitrogens with zero attached hydrogens (tertiary/aromatic N) is 8. The molecule has 4 aromatic carbocycles. The van der Waals surface area contributed by atoms with Gasteiger partial charge in [-0.05, 0) is 127 Å². The number of urea groups is 4. The highest BCUT2D eigenvalue weighted by atomic mass is 19.4. The summed E-state index contributed by atoms with van der Waals surface area (Å²) in [6.07, 6.45) is -4.96. The molecule has 0 aliphatic carbocycles. The lowest BCUT2D eigenvalue weighted by molar-refractivity contribution is -0.262. The van der Waals surface area contributed by atoms with Gasteiger partial charge in [0.2, 0.25) is 0 Å². The van der Waals surface area contributed by atoms with Crippen molar-refractivity contribution < 1.29 is 85.2 Å². The molecule has 8 rings (SSSR count). The fourth-order valence-electron chi connectivity index (χ4n) is 10.4. The molecular weight excluding hydrogens is 1310 g/mol. The minimum Gasteiger partial charge on any atom is -0.855 e. The van der Waals surface area contributed by atoms with E-state index >= 15 is 0 Å². The van der Waals surface area contributed by atoms with E-state index in [0.29, 0.717) is 20.9 Å². The van der Waals surface area contributed by atoms with Crippen LogP contribution in [0.3, 0.4) is 0 Å². The molecule has 27 nitrogen and oxygen atoms in total. The number of likely N-dealkylation sites (tertiary alicyclic amines) is 2. The topological polar surface area (TPSA) is 333 Å². The van der Waals surface area contributed by atoms with Gasteiger partial charge in [-0.3, -0.25) is 9.59 Å². The van der Waals surface area contributed by atoms with E-state index in [2.05, 4.69) is 36.2 Å². The van der Waals surface area contributed by atoms with Crippen LogP contribution in [-0.2, 0) is 51.2 Å². The van der Waals surface area contributed by atoms with Gasteiger partial charge in [0.15, 0.2) is 17.9 Å². The average Bonchev–Trinajstić information content (AvgIpc) is 0.740. The number of β-lactam (4-membered cyclic amide) rings is 2. The maximum atomic E-state index is 14.2. The van der Waals surface area contributed by atoms with Gasteiger partial charge in [0.25, 0.3) is 11.8 Å². The molecule has 2 fully saturated rings. The third-order valence-electron chi connectivity index (χ3n) is 15.4. The van der Waals surface area contributed by atoms with Gasteiger partial charge in [-0.15, -0.1) is 0 Å². The maximum absolute atomic E-state index is 14.2. The second-order valence-electron chi connectivity index (χ2n) is 25.1. The number of aromatic nitrogens is 2. The Balaban J connectivity index is 0.000000284. The molecule has 0 saturated carbocycles. The highest BCUT2D eigenvalue weighted by Crippen LogP contribution is 2.33. The molecule has 6 aromatic rings. The monoisotopic (exact) mass is 1380 g/mol. The molecule has 2 aromatic heterocycles. The SMILES string of the molecule is COC(=O)[C@@H]1[C@@H](N(Cc2ccnc(N(C(=O)OC(C)(C)C)C(=O)OC(C)(C)C)c2)C(=O)N[C@H](C)c2ccccc2)C(=O)N1C(=O)N[C@H](C)c1ccccc1.COC(=O)[C@@H]1[C@@H](N(Cc2ccnc(N=C([O-])C(F)(F)F)c2)C(=O)N[C@H](C)c2ccccc2)C(=O)N1C(=O)N[C@H](C)c1ccccc1. The molecule has 0 unspecified atom stereocenters. The van der Waals surface area contributed by atoms with Crippen molar-refractivity contribution in [2.45, 2.75) is 148 Å². The number of amides is 12. The summed E-state index contributed by atoms with van der Waals surface area (Å²) < 4.78 is 59.3. The highest BCUT2D eigenvalue weighted by Gasteiger charge is 2.61. The van der Waals surface area contributed by atoms with E-state index in [4.69, 9.17) is 18.9 Å². The number of imide groups is 3. The largest absolute Gasteiger partial charge is 0.855 e. The number of aliphatic imine (C=N–C) groups is 1. The Labute approximate surface area is 575 Å². The number of benzene rings is 4. The van der Waals surface area contributed by atoms with E-state index < -0.39 is 144 Å². The number of carbonyl (C=O) groups is 10. The van der Waals surface area contributed by atoms with Crippen LogP contribution in [0.2, 0.25) is 0 Å². The van der Waals surface area contributed by atoms with E-state index in [1.54, 1.807) is 154 Å². The van der Waals surface area contributed by atoms with Gasteiger partial charge in [-0.1, -0.05) is 121 Å². The average molecular weight is 1380 g/mol. The standard InChI is InChI=1S/C39H48N6O9.C31H31F3N6O6/c1-24(27-16-12-10-13-17-27)41-34(48)43(30-31(33(47)52-9)45(32(30)46)35(49)42-25(2)28-18-14-11-15-19-28)23-26-20-21-40-29(22-26)44(36(50)53-38(3,4)5)37(51)54-39(6,7)8;1-18(21-10-6-4-7-11-21)36-29(44)39(17-20-14-15-35-23(16-20)38-28(43)31(32,33)34)24-25(27(42)46-3)40(26(24)41)30(45)37-19(2)22-12-8-5-9-13-22/h10-22,24-25,30-31H,23H2,1-9H3,(H,41,48)(H,42,49);4-16,18-19,24-25H,17H2,1-3H3,(H,36,44)(H,37,45)(H,35,38,43)/p-1/t24-,25-,30-,31+;18-,19-,24-,25+/m11/s1. The van der Waals surface area contributed by atoms with Crippen LogP contribution in [0, 0.1) is 0 Å². The predicted octanol–water partition coefficient (Wildman–Crippen LogP) is 9.78. The molecular formula is C70H78F3N12O15-. The Kier molecular flexibility index (Phi) is 24.8. The molecule has 12 amide bonds. The Morgan fingerprint density at radius 2 is 0.850 bits per heavy atom. The summed E-state index contributed by atoms with van der Waals surface area (Å²) in [5.74, 6) is -6.79. The predicted molar refractivity (Wildman–Crippen MR) is 354 cm³/mol. The van der Waals surface area contributed by atoms with Gasteiger partial charge in [0.1, 0.15) is 29.1 Å². The van der Waals surface area contributed by atoms with Crippen molar-refractivity contribution in [3.63, 3.8) is 0 Å². The lowest BCUT2D eigenvalue weighted by Gasteiger charge is -2.48. The van der Waals surface area contributed by atoms with Crippen LogP contribution in [0.1, 0.15) is 127 Å². The molecule has 8 atom stereocenters. The first-order chi connectivity index (χ1) is 47.1. The van der Waals surface area contributed by atoms with Crippen LogP contribution in [-0.4, -0.2) is 151 Å². The van der Waals surface area contributed by atoms with Crippen molar-refractivity contribution in [3.05, 3.63) is 191 Å².